The van der Waals surface area contributed by atoms with Gasteiger partial charge in [0.15, 0.2) is 0 Å². The fourth-order valence-electron chi connectivity index (χ4n) is 2.05. The van der Waals surface area contributed by atoms with E-state index in [9.17, 15) is 0 Å². The van der Waals surface area contributed by atoms with E-state index in [1.165, 1.54) is 19.3 Å². The van der Waals surface area contributed by atoms with Gasteiger partial charge in [-0.25, -0.2) is 0 Å². The lowest BCUT2D eigenvalue weighted by Gasteiger charge is -2.09. The number of pyridine rings is 1. The Labute approximate surface area is 115 Å². The smallest absolute Gasteiger partial charge is 0.145 e. The maximum atomic E-state index is 5.80. The van der Waals surface area contributed by atoms with Crippen LogP contribution in [0, 0.1) is 0 Å². The van der Waals surface area contributed by atoms with Crippen molar-refractivity contribution in [2.24, 2.45) is 0 Å². The Morgan fingerprint density at radius 2 is 2.00 bits per heavy atom. The highest BCUT2D eigenvalue weighted by Crippen LogP contribution is 2.22. The molecule has 3 nitrogen and oxygen atoms in total. The molecule has 0 unspecified atom stereocenters. The molecule has 1 heterocycles. The first-order valence-corrected chi connectivity index (χ1v) is 7.09. The summed E-state index contributed by atoms with van der Waals surface area (Å²) in [4.78, 5) is 4.38. The van der Waals surface area contributed by atoms with Crippen molar-refractivity contribution in [3.63, 3.8) is 0 Å². The van der Waals surface area contributed by atoms with Crippen LogP contribution in [-0.2, 0) is 0 Å². The molecule has 1 aromatic carbocycles. The molecule has 0 aliphatic carbocycles. The van der Waals surface area contributed by atoms with Crippen molar-refractivity contribution in [2.45, 2.75) is 26.2 Å². The molecule has 0 aliphatic heterocycles. The van der Waals surface area contributed by atoms with Crippen molar-refractivity contribution >= 4 is 10.9 Å². The second-order valence-corrected chi connectivity index (χ2v) is 4.64. The van der Waals surface area contributed by atoms with Gasteiger partial charge in [-0.05, 0) is 25.1 Å². The first-order chi connectivity index (χ1) is 9.42. The molecule has 0 fully saturated rings. The minimum absolute atomic E-state index is 0.682. The quantitative estimate of drug-likeness (QED) is 0.737. The first kappa shape index (κ1) is 13.8. The highest BCUT2D eigenvalue weighted by Gasteiger charge is 2.01. The lowest BCUT2D eigenvalue weighted by atomic mass is 10.2. The number of hydrogen-bond acceptors (Lipinski definition) is 3. The molecular formula is C16H22N2O. The van der Waals surface area contributed by atoms with Gasteiger partial charge in [0.05, 0.1) is 0 Å². The number of nitrogens with zero attached hydrogens (tertiary/aromatic N) is 1. The average molecular weight is 258 g/mol. The van der Waals surface area contributed by atoms with Gasteiger partial charge in [-0.2, -0.15) is 0 Å². The molecular weight excluding hydrogens is 236 g/mol. The standard InChI is InChI=1S/C16H22N2O/c1-2-3-4-10-17-12-13-19-15-9-5-7-14-8-6-11-18-16(14)15/h5-9,11,17H,2-4,10,12-13H2,1H3. The molecule has 0 spiro atoms. The summed E-state index contributed by atoms with van der Waals surface area (Å²) < 4.78 is 5.80. The van der Waals surface area contributed by atoms with Crippen molar-refractivity contribution in [2.75, 3.05) is 19.7 Å². The number of fused-ring (bicyclic) bond motifs is 1. The van der Waals surface area contributed by atoms with E-state index in [0.29, 0.717) is 6.61 Å². The van der Waals surface area contributed by atoms with Gasteiger partial charge in [0.25, 0.3) is 0 Å². The number of nitrogens with one attached hydrogen (secondary N) is 1. The summed E-state index contributed by atoms with van der Waals surface area (Å²) in [5.41, 5.74) is 0.941. The van der Waals surface area contributed by atoms with Crippen LogP contribution < -0.4 is 10.1 Å². The van der Waals surface area contributed by atoms with Gasteiger partial charge in [-0.1, -0.05) is 38.0 Å². The monoisotopic (exact) mass is 258 g/mol. The third kappa shape index (κ3) is 4.21. The zero-order chi connectivity index (χ0) is 13.3. The molecule has 1 aromatic heterocycles. The Morgan fingerprint density at radius 3 is 2.89 bits per heavy atom. The van der Waals surface area contributed by atoms with Gasteiger partial charge in [0.2, 0.25) is 0 Å². The molecule has 0 saturated heterocycles. The highest BCUT2D eigenvalue weighted by atomic mass is 16.5. The summed E-state index contributed by atoms with van der Waals surface area (Å²) >= 11 is 0. The van der Waals surface area contributed by atoms with E-state index in [0.717, 1.165) is 29.7 Å². The van der Waals surface area contributed by atoms with Gasteiger partial charge in [0.1, 0.15) is 17.9 Å². The summed E-state index contributed by atoms with van der Waals surface area (Å²) in [6, 6.07) is 10.0. The van der Waals surface area contributed by atoms with Crippen LogP contribution in [0.3, 0.4) is 0 Å². The van der Waals surface area contributed by atoms with Gasteiger partial charge in [-0.15, -0.1) is 0 Å². The third-order valence-electron chi connectivity index (χ3n) is 3.09. The number of para-hydroxylation sites is 1. The zero-order valence-electron chi connectivity index (χ0n) is 11.6. The summed E-state index contributed by atoms with van der Waals surface area (Å²) in [6.45, 7) is 4.86. The summed E-state index contributed by atoms with van der Waals surface area (Å²) in [5, 5.41) is 4.51. The number of benzene rings is 1. The fourth-order valence-corrected chi connectivity index (χ4v) is 2.05. The molecule has 0 radical (unpaired) electrons. The number of ether oxygens (including phenoxy) is 1. The lowest BCUT2D eigenvalue weighted by molar-refractivity contribution is 0.316. The minimum Gasteiger partial charge on any atom is -0.490 e. The normalized spacial score (nSPS) is 10.8. The average Bonchev–Trinajstić information content (AvgIpc) is 2.46. The van der Waals surface area contributed by atoms with Crippen molar-refractivity contribution in [1.29, 1.82) is 0 Å². The molecule has 3 heteroatoms. The highest BCUT2D eigenvalue weighted by molar-refractivity contribution is 5.84. The van der Waals surface area contributed by atoms with Gasteiger partial charge in [0, 0.05) is 18.1 Å². The maximum Gasteiger partial charge on any atom is 0.145 e. The van der Waals surface area contributed by atoms with Crippen LogP contribution in [0.5, 0.6) is 5.75 Å². The number of hydrogen-bond donors (Lipinski definition) is 1. The molecule has 1 N–H and O–H groups in total. The minimum atomic E-state index is 0.682. The predicted molar refractivity (Wildman–Crippen MR) is 79.6 cm³/mol. The largest absolute Gasteiger partial charge is 0.490 e. The van der Waals surface area contributed by atoms with E-state index in [4.69, 9.17) is 4.74 Å². The Hall–Kier alpha value is -1.61. The van der Waals surface area contributed by atoms with Crippen molar-refractivity contribution < 1.29 is 4.74 Å². The Morgan fingerprint density at radius 1 is 1.11 bits per heavy atom. The summed E-state index contributed by atoms with van der Waals surface area (Å²) in [7, 11) is 0. The Kier molecular flexibility index (Phi) is 5.63. The number of unbranched alkanes of at least 4 members (excludes halogenated alkanes) is 2. The summed E-state index contributed by atoms with van der Waals surface area (Å²) in [6.07, 6.45) is 5.60. The van der Waals surface area contributed by atoms with Crippen molar-refractivity contribution in [3.8, 4) is 5.75 Å². The van der Waals surface area contributed by atoms with E-state index in [2.05, 4.69) is 29.4 Å². The van der Waals surface area contributed by atoms with Gasteiger partial charge in [-0.3, -0.25) is 4.98 Å². The van der Waals surface area contributed by atoms with E-state index in [1.807, 2.05) is 18.2 Å². The molecule has 102 valence electrons. The zero-order valence-corrected chi connectivity index (χ0v) is 11.6. The van der Waals surface area contributed by atoms with E-state index in [1.54, 1.807) is 6.20 Å². The van der Waals surface area contributed by atoms with Crippen LogP contribution in [0.4, 0.5) is 0 Å². The topological polar surface area (TPSA) is 34.1 Å². The molecule has 0 atom stereocenters. The van der Waals surface area contributed by atoms with E-state index < -0.39 is 0 Å². The molecule has 2 rings (SSSR count). The first-order valence-electron chi connectivity index (χ1n) is 7.09. The maximum absolute atomic E-state index is 5.80. The third-order valence-corrected chi connectivity index (χ3v) is 3.09. The fraction of sp³-hybridized carbons (Fsp3) is 0.438. The molecule has 19 heavy (non-hydrogen) atoms. The number of aromatic nitrogens is 1. The second-order valence-electron chi connectivity index (χ2n) is 4.64. The lowest BCUT2D eigenvalue weighted by Crippen LogP contribution is -2.22. The van der Waals surface area contributed by atoms with Crippen LogP contribution in [0.1, 0.15) is 26.2 Å². The van der Waals surface area contributed by atoms with Crippen LogP contribution in [-0.4, -0.2) is 24.7 Å². The van der Waals surface area contributed by atoms with E-state index >= 15 is 0 Å². The Bertz CT molecular complexity index is 494. The molecule has 0 aliphatic rings. The van der Waals surface area contributed by atoms with Crippen LogP contribution >= 0.6 is 0 Å². The van der Waals surface area contributed by atoms with Crippen molar-refractivity contribution in [1.82, 2.24) is 10.3 Å². The SMILES string of the molecule is CCCCCNCCOc1cccc2cccnc12. The van der Waals surface area contributed by atoms with Crippen LogP contribution in [0.15, 0.2) is 36.5 Å². The predicted octanol–water partition coefficient (Wildman–Crippen LogP) is 3.39. The summed E-state index contributed by atoms with van der Waals surface area (Å²) in [5.74, 6) is 0.869. The van der Waals surface area contributed by atoms with Crippen LogP contribution in [0.2, 0.25) is 0 Å². The van der Waals surface area contributed by atoms with Gasteiger partial charge < -0.3 is 10.1 Å². The molecule has 0 saturated carbocycles. The van der Waals surface area contributed by atoms with Crippen LogP contribution in [0.25, 0.3) is 10.9 Å². The van der Waals surface area contributed by atoms with Crippen molar-refractivity contribution in [3.05, 3.63) is 36.5 Å². The molecule has 0 amide bonds. The Balaban J connectivity index is 1.78. The second kappa shape index (κ2) is 7.74. The molecule has 0 bridgehead atoms. The van der Waals surface area contributed by atoms with Gasteiger partial charge >= 0.3 is 0 Å². The number of rotatable bonds is 8. The van der Waals surface area contributed by atoms with E-state index in [-0.39, 0.29) is 0 Å². The molecule has 2 aromatic rings.